The Hall–Kier alpha value is -2.61. The molecule has 0 radical (unpaired) electrons. The number of nitrogens with zero attached hydrogens (tertiary/aromatic N) is 1. The summed E-state index contributed by atoms with van der Waals surface area (Å²) in [4.78, 5) is 14.0. The number of hydrogen-bond donors (Lipinski definition) is 0. The zero-order valence-corrected chi connectivity index (χ0v) is 15.8. The summed E-state index contributed by atoms with van der Waals surface area (Å²) in [6.45, 7) is 0.262. The lowest BCUT2D eigenvalue weighted by Crippen LogP contribution is -2.57. The van der Waals surface area contributed by atoms with Crippen LogP contribution >= 0.6 is 0 Å². The summed E-state index contributed by atoms with van der Waals surface area (Å²) < 4.78 is 48.4. The first-order valence-electron chi connectivity index (χ1n) is 8.33. The summed E-state index contributed by atoms with van der Waals surface area (Å²) in [5, 5.41) is -0.669. The molecule has 8 heteroatoms. The van der Waals surface area contributed by atoms with Crippen molar-refractivity contribution >= 4 is 15.7 Å². The summed E-state index contributed by atoms with van der Waals surface area (Å²) >= 11 is 0. The molecular weight excluding hydrogens is 373 g/mol. The summed E-state index contributed by atoms with van der Waals surface area (Å²) in [5.41, 5.74) is 0.752. The van der Waals surface area contributed by atoms with Crippen molar-refractivity contribution in [3.05, 3.63) is 53.8 Å². The number of rotatable bonds is 6. The molecule has 0 bridgehead atoms. The van der Waals surface area contributed by atoms with Crippen LogP contribution < -0.4 is 9.47 Å². The van der Waals surface area contributed by atoms with Crippen LogP contribution in [-0.2, 0) is 21.1 Å². The van der Waals surface area contributed by atoms with E-state index < -0.39 is 20.9 Å². The molecule has 0 aliphatic carbocycles. The number of sulfone groups is 1. The number of amides is 1. The van der Waals surface area contributed by atoms with Crippen molar-refractivity contribution in [1.82, 2.24) is 4.90 Å². The van der Waals surface area contributed by atoms with Gasteiger partial charge in [0.05, 0.1) is 25.5 Å². The van der Waals surface area contributed by atoms with Crippen LogP contribution in [0.1, 0.15) is 5.56 Å². The predicted octanol–water partition coefficient (Wildman–Crippen LogP) is 2.07. The van der Waals surface area contributed by atoms with Crippen LogP contribution in [0.4, 0.5) is 4.39 Å². The number of carbonyl (C=O) groups is 1. The van der Waals surface area contributed by atoms with Gasteiger partial charge >= 0.3 is 0 Å². The van der Waals surface area contributed by atoms with Gasteiger partial charge in [-0.1, -0.05) is 6.07 Å². The standard InChI is InChI=1S/C19H20FNO5S/c1-25-17-8-3-13(9-18(17)26-2)10-19(22)21-11-16(12-21)27(23,24)15-6-4-14(20)5-7-15/h3-9,16H,10-12H2,1-2H3. The molecule has 1 aliphatic heterocycles. The summed E-state index contributed by atoms with van der Waals surface area (Å²) in [6, 6.07) is 9.95. The molecule has 2 aromatic carbocycles. The van der Waals surface area contributed by atoms with Gasteiger partial charge in [-0.2, -0.15) is 0 Å². The van der Waals surface area contributed by atoms with E-state index in [9.17, 15) is 17.6 Å². The van der Waals surface area contributed by atoms with Gasteiger partial charge < -0.3 is 14.4 Å². The van der Waals surface area contributed by atoms with Gasteiger partial charge in [0.25, 0.3) is 0 Å². The van der Waals surface area contributed by atoms with Crippen LogP contribution in [0.2, 0.25) is 0 Å². The van der Waals surface area contributed by atoms with Gasteiger partial charge in [0, 0.05) is 13.1 Å². The molecule has 0 saturated carbocycles. The maximum atomic E-state index is 13.0. The van der Waals surface area contributed by atoms with Gasteiger partial charge in [0.1, 0.15) is 11.1 Å². The molecule has 27 heavy (non-hydrogen) atoms. The van der Waals surface area contributed by atoms with Crippen molar-refractivity contribution in [2.45, 2.75) is 16.6 Å². The Morgan fingerprint density at radius 3 is 2.30 bits per heavy atom. The average Bonchev–Trinajstić information content (AvgIpc) is 2.60. The lowest BCUT2D eigenvalue weighted by molar-refractivity contribution is -0.133. The van der Waals surface area contributed by atoms with Crippen molar-refractivity contribution in [2.75, 3.05) is 27.3 Å². The Morgan fingerprint density at radius 2 is 1.70 bits per heavy atom. The Bertz CT molecular complexity index is 937. The largest absolute Gasteiger partial charge is 0.493 e. The van der Waals surface area contributed by atoms with E-state index in [1.54, 1.807) is 18.2 Å². The highest BCUT2D eigenvalue weighted by Gasteiger charge is 2.40. The zero-order valence-electron chi connectivity index (χ0n) is 15.0. The quantitative estimate of drug-likeness (QED) is 0.703. The minimum absolute atomic E-state index is 0.0703. The molecule has 3 rings (SSSR count). The second-order valence-corrected chi connectivity index (χ2v) is 8.51. The third-order valence-electron chi connectivity index (χ3n) is 4.59. The highest BCUT2D eigenvalue weighted by Crippen LogP contribution is 2.29. The normalized spacial score (nSPS) is 14.6. The van der Waals surface area contributed by atoms with Crippen molar-refractivity contribution in [3.8, 4) is 11.5 Å². The molecule has 2 aromatic rings. The van der Waals surface area contributed by atoms with Crippen LogP contribution in [-0.4, -0.2) is 51.8 Å². The molecule has 1 heterocycles. The van der Waals surface area contributed by atoms with E-state index in [1.807, 2.05) is 0 Å². The van der Waals surface area contributed by atoms with Gasteiger partial charge in [-0.3, -0.25) is 4.79 Å². The van der Waals surface area contributed by atoms with Crippen molar-refractivity contribution < 1.29 is 27.1 Å². The second-order valence-electron chi connectivity index (χ2n) is 6.29. The van der Waals surface area contributed by atoms with Crippen LogP contribution in [0, 0.1) is 5.82 Å². The predicted molar refractivity (Wildman–Crippen MR) is 97.2 cm³/mol. The number of likely N-dealkylation sites (tertiary alicyclic amines) is 1. The third-order valence-corrected chi connectivity index (χ3v) is 6.69. The smallest absolute Gasteiger partial charge is 0.227 e. The van der Waals surface area contributed by atoms with E-state index in [1.165, 1.54) is 31.3 Å². The maximum absolute atomic E-state index is 13.0. The van der Waals surface area contributed by atoms with Crippen LogP contribution in [0.3, 0.4) is 0 Å². The fourth-order valence-electron chi connectivity index (χ4n) is 2.93. The fourth-order valence-corrected chi connectivity index (χ4v) is 4.58. The molecular formula is C19H20FNO5S. The second kappa shape index (κ2) is 7.56. The highest BCUT2D eigenvalue weighted by atomic mass is 32.2. The molecule has 1 fully saturated rings. The number of benzene rings is 2. The van der Waals surface area contributed by atoms with Crippen molar-refractivity contribution in [1.29, 1.82) is 0 Å². The van der Waals surface area contributed by atoms with E-state index in [0.29, 0.717) is 11.5 Å². The summed E-state index contributed by atoms with van der Waals surface area (Å²) in [7, 11) is -0.525. The van der Waals surface area contributed by atoms with Gasteiger partial charge in [-0.25, -0.2) is 12.8 Å². The lowest BCUT2D eigenvalue weighted by Gasteiger charge is -2.38. The molecule has 0 atom stereocenters. The molecule has 6 nitrogen and oxygen atoms in total. The Labute approximate surface area is 157 Å². The number of hydrogen-bond acceptors (Lipinski definition) is 5. The lowest BCUT2D eigenvalue weighted by atomic mass is 10.1. The van der Waals surface area contributed by atoms with Gasteiger partial charge in [-0.15, -0.1) is 0 Å². The Kier molecular flexibility index (Phi) is 5.36. The first kappa shape index (κ1) is 19.2. The topological polar surface area (TPSA) is 72.9 Å². The molecule has 1 saturated heterocycles. The van der Waals surface area contributed by atoms with Gasteiger partial charge in [0.2, 0.25) is 5.91 Å². The van der Waals surface area contributed by atoms with Crippen LogP contribution in [0.5, 0.6) is 11.5 Å². The number of halogens is 1. The molecule has 144 valence electrons. The molecule has 0 unspecified atom stereocenters. The first-order chi connectivity index (χ1) is 12.8. The van der Waals surface area contributed by atoms with Crippen LogP contribution in [0.15, 0.2) is 47.4 Å². The number of ether oxygens (including phenoxy) is 2. The monoisotopic (exact) mass is 393 g/mol. The fraction of sp³-hybridized carbons (Fsp3) is 0.316. The average molecular weight is 393 g/mol. The minimum atomic E-state index is -3.58. The van der Waals surface area contributed by atoms with Gasteiger partial charge in [0.15, 0.2) is 21.3 Å². The molecule has 0 N–H and O–H groups in total. The zero-order chi connectivity index (χ0) is 19.6. The molecule has 0 aromatic heterocycles. The van der Waals surface area contributed by atoms with E-state index in [-0.39, 0.29) is 30.3 Å². The van der Waals surface area contributed by atoms with Crippen LogP contribution in [0.25, 0.3) is 0 Å². The van der Waals surface area contributed by atoms with E-state index in [2.05, 4.69) is 0 Å². The summed E-state index contributed by atoms with van der Waals surface area (Å²) in [6.07, 6.45) is 0.143. The first-order valence-corrected chi connectivity index (χ1v) is 9.88. The number of carbonyl (C=O) groups excluding carboxylic acids is 1. The Morgan fingerprint density at radius 1 is 1.07 bits per heavy atom. The maximum Gasteiger partial charge on any atom is 0.227 e. The highest BCUT2D eigenvalue weighted by molar-refractivity contribution is 7.92. The van der Waals surface area contributed by atoms with E-state index in [0.717, 1.165) is 17.7 Å². The molecule has 1 amide bonds. The van der Waals surface area contributed by atoms with Crippen molar-refractivity contribution in [2.24, 2.45) is 0 Å². The Balaban J connectivity index is 1.62. The van der Waals surface area contributed by atoms with Gasteiger partial charge in [-0.05, 0) is 42.0 Å². The molecule has 1 aliphatic rings. The molecule has 0 spiro atoms. The third kappa shape index (κ3) is 3.90. The number of methoxy groups -OCH3 is 2. The van der Waals surface area contributed by atoms with E-state index in [4.69, 9.17) is 9.47 Å². The van der Waals surface area contributed by atoms with Crippen molar-refractivity contribution in [3.63, 3.8) is 0 Å². The minimum Gasteiger partial charge on any atom is -0.493 e. The van der Waals surface area contributed by atoms with E-state index >= 15 is 0 Å². The summed E-state index contributed by atoms with van der Waals surface area (Å²) in [5.74, 6) is 0.452. The SMILES string of the molecule is COc1ccc(CC(=O)N2CC(S(=O)(=O)c3ccc(F)cc3)C2)cc1OC.